The molecule has 3 fully saturated rings. The summed E-state index contributed by atoms with van der Waals surface area (Å²) in [7, 11) is 0. The van der Waals surface area contributed by atoms with Gasteiger partial charge >= 0.3 is 0 Å². The molecule has 220 valence electrons. The average Bonchev–Trinajstić information content (AvgIpc) is 3.22. The molecule has 4 heterocycles. The Morgan fingerprint density at radius 2 is 1.60 bits per heavy atom. The lowest BCUT2D eigenvalue weighted by Gasteiger charge is -2.40. The molecule has 12 heteroatoms. The molecular weight excluding hydrogens is 543 g/mol. The Kier molecular flexibility index (Phi) is 7.40. The molecule has 2 aromatic carbocycles. The summed E-state index contributed by atoms with van der Waals surface area (Å²) in [5.74, 6) is -2.63. The number of benzene rings is 2. The number of para-hydroxylation sites is 1. The molecule has 0 bridgehead atoms. The molecule has 3 saturated heterocycles. The first-order chi connectivity index (χ1) is 20.2. The zero-order valence-corrected chi connectivity index (χ0v) is 23.2. The smallest absolute Gasteiger partial charge is 0.262 e. The minimum atomic E-state index is -0.981. The molecule has 1 atom stereocenters. The Hall–Kier alpha value is -4.32. The van der Waals surface area contributed by atoms with Crippen LogP contribution in [0.1, 0.15) is 56.8 Å². The number of amides is 5. The molecule has 42 heavy (non-hydrogen) atoms. The van der Waals surface area contributed by atoms with Crippen molar-refractivity contribution >= 4 is 40.9 Å². The monoisotopic (exact) mass is 576 g/mol. The Balaban J connectivity index is 1.03. The number of nitrogens with zero attached hydrogens (tertiary/aromatic N) is 4. The van der Waals surface area contributed by atoms with E-state index in [1.165, 1.54) is 12.1 Å². The summed E-state index contributed by atoms with van der Waals surface area (Å²) < 4.78 is 14.6. The molecule has 0 aromatic heterocycles. The highest BCUT2D eigenvalue weighted by molar-refractivity contribution is 6.23. The zero-order chi connectivity index (χ0) is 29.5. The molecule has 0 saturated carbocycles. The van der Waals surface area contributed by atoms with Gasteiger partial charge in [0.2, 0.25) is 11.8 Å². The molecule has 1 unspecified atom stereocenters. The van der Waals surface area contributed by atoms with Gasteiger partial charge in [0, 0.05) is 57.9 Å². The van der Waals surface area contributed by atoms with E-state index in [9.17, 15) is 28.4 Å². The molecule has 0 radical (unpaired) electrons. The summed E-state index contributed by atoms with van der Waals surface area (Å²) in [4.78, 5) is 69.4. The highest BCUT2D eigenvalue weighted by atomic mass is 19.1. The zero-order valence-electron chi connectivity index (χ0n) is 23.2. The number of primary amides is 1. The number of nitrogens with two attached hydrogens (primary N) is 1. The highest BCUT2D eigenvalue weighted by Gasteiger charge is 2.44. The predicted molar refractivity (Wildman–Crippen MR) is 152 cm³/mol. The summed E-state index contributed by atoms with van der Waals surface area (Å²) in [5, 5.41) is 2.22. The van der Waals surface area contributed by atoms with Crippen molar-refractivity contribution in [1.29, 1.82) is 0 Å². The number of carbonyl (C=O) groups is 5. The first-order valence-corrected chi connectivity index (χ1v) is 14.4. The van der Waals surface area contributed by atoms with Crippen molar-refractivity contribution in [2.45, 2.75) is 31.7 Å². The quantitative estimate of drug-likeness (QED) is 0.492. The number of hydrogen-bond donors (Lipinski definition) is 2. The van der Waals surface area contributed by atoms with Crippen LogP contribution in [-0.4, -0.2) is 91.2 Å². The minimum Gasteiger partial charge on any atom is -0.369 e. The van der Waals surface area contributed by atoms with Crippen LogP contribution in [-0.2, 0) is 9.59 Å². The molecule has 6 rings (SSSR count). The molecule has 0 aliphatic carbocycles. The van der Waals surface area contributed by atoms with Gasteiger partial charge in [-0.05, 0) is 55.5 Å². The van der Waals surface area contributed by atoms with E-state index >= 15 is 0 Å². The van der Waals surface area contributed by atoms with Gasteiger partial charge in [0.1, 0.15) is 11.9 Å². The van der Waals surface area contributed by atoms with E-state index in [4.69, 9.17) is 5.73 Å². The molecule has 11 nitrogen and oxygen atoms in total. The third-order valence-electron chi connectivity index (χ3n) is 8.86. The number of carbonyl (C=O) groups excluding carboxylic acids is 5. The number of anilines is 2. The number of hydrogen-bond acceptors (Lipinski definition) is 8. The number of piperazine rings is 1. The van der Waals surface area contributed by atoms with Gasteiger partial charge in [0.05, 0.1) is 22.4 Å². The average molecular weight is 577 g/mol. The van der Waals surface area contributed by atoms with E-state index in [1.54, 1.807) is 18.2 Å². The number of nitrogens with one attached hydrogen (secondary N) is 1. The fourth-order valence-corrected chi connectivity index (χ4v) is 6.58. The number of piperidine rings is 2. The molecule has 3 N–H and O–H groups in total. The molecular formula is C30H33FN6O5. The van der Waals surface area contributed by atoms with Crippen LogP contribution in [0.5, 0.6) is 0 Å². The number of rotatable bonds is 6. The summed E-state index contributed by atoms with van der Waals surface area (Å²) >= 11 is 0. The van der Waals surface area contributed by atoms with E-state index < -0.39 is 41.4 Å². The van der Waals surface area contributed by atoms with Gasteiger partial charge in [0.25, 0.3) is 17.7 Å². The van der Waals surface area contributed by atoms with Crippen molar-refractivity contribution in [3.05, 3.63) is 58.9 Å². The van der Waals surface area contributed by atoms with Crippen LogP contribution in [0.4, 0.5) is 15.8 Å². The van der Waals surface area contributed by atoms with Crippen LogP contribution in [0.3, 0.4) is 0 Å². The summed E-state index contributed by atoms with van der Waals surface area (Å²) in [6.07, 6.45) is 1.98. The Labute approximate surface area is 242 Å². The predicted octanol–water partition coefficient (Wildman–Crippen LogP) is 1.36. The minimum absolute atomic E-state index is 0.0836. The van der Waals surface area contributed by atoms with Crippen LogP contribution in [0.15, 0.2) is 36.4 Å². The first kappa shape index (κ1) is 27.8. The number of imide groups is 2. The lowest BCUT2D eigenvalue weighted by atomic mass is 9.94. The van der Waals surface area contributed by atoms with Crippen molar-refractivity contribution in [3.8, 4) is 0 Å². The van der Waals surface area contributed by atoms with Gasteiger partial charge in [-0.2, -0.15) is 0 Å². The second-order valence-electron chi connectivity index (χ2n) is 11.4. The Morgan fingerprint density at radius 1 is 0.881 bits per heavy atom. The van der Waals surface area contributed by atoms with E-state index in [1.807, 2.05) is 11.0 Å². The second kappa shape index (κ2) is 11.2. The fourth-order valence-electron chi connectivity index (χ4n) is 6.58. The van der Waals surface area contributed by atoms with Gasteiger partial charge in [-0.15, -0.1) is 0 Å². The molecule has 4 aliphatic heterocycles. The Bertz CT molecular complexity index is 1460. The third-order valence-corrected chi connectivity index (χ3v) is 8.86. The van der Waals surface area contributed by atoms with Crippen molar-refractivity contribution in [3.63, 3.8) is 0 Å². The molecule has 2 aromatic rings. The van der Waals surface area contributed by atoms with E-state index in [0.717, 1.165) is 56.2 Å². The van der Waals surface area contributed by atoms with Gasteiger partial charge in [-0.3, -0.25) is 39.1 Å². The number of fused-ring (bicyclic) bond motifs is 1. The van der Waals surface area contributed by atoms with Crippen molar-refractivity contribution < 1.29 is 28.4 Å². The summed E-state index contributed by atoms with van der Waals surface area (Å²) in [5.41, 5.74) is 7.40. The van der Waals surface area contributed by atoms with E-state index in [-0.39, 0.29) is 29.5 Å². The van der Waals surface area contributed by atoms with Crippen LogP contribution < -0.4 is 20.9 Å². The van der Waals surface area contributed by atoms with Gasteiger partial charge in [0.15, 0.2) is 0 Å². The lowest BCUT2D eigenvalue weighted by Crippen LogP contribution is -2.54. The van der Waals surface area contributed by atoms with Gasteiger partial charge in [-0.1, -0.05) is 6.07 Å². The molecule has 4 aliphatic rings. The topological polar surface area (TPSA) is 136 Å². The van der Waals surface area contributed by atoms with E-state index in [2.05, 4.69) is 15.1 Å². The van der Waals surface area contributed by atoms with Crippen molar-refractivity contribution in [1.82, 2.24) is 15.1 Å². The largest absolute Gasteiger partial charge is 0.369 e. The SMILES string of the molecule is NC(=O)c1cccc(F)c1N1CCC(CN2CCN(c3ccc4c(c3)C(=O)N(C3CCC(=O)NC3=O)C4=O)CC2)CC1. The summed E-state index contributed by atoms with van der Waals surface area (Å²) in [6, 6.07) is 8.66. The maximum absolute atomic E-state index is 14.6. The van der Waals surface area contributed by atoms with Crippen LogP contribution in [0.2, 0.25) is 0 Å². The maximum atomic E-state index is 14.6. The Morgan fingerprint density at radius 3 is 2.29 bits per heavy atom. The van der Waals surface area contributed by atoms with Crippen molar-refractivity contribution in [2.75, 3.05) is 55.6 Å². The van der Waals surface area contributed by atoms with Crippen LogP contribution in [0.25, 0.3) is 0 Å². The fraction of sp³-hybridized carbons (Fsp3) is 0.433. The summed E-state index contributed by atoms with van der Waals surface area (Å²) in [6.45, 7) is 5.44. The lowest BCUT2D eigenvalue weighted by molar-refractivity contribution is -0.136. The molecule has 5 amide bonds. The number of halogens is 1. The molecule has 0 spiro atoms. The maximum Gasteiger partial charge on any atom is 0.262 e. The second-order valence-corrected chi connectivity index (χ2v) is 11.4. The van der Waals surface area contributed by atoms with Crippen LogP contribution in [0, 0.1) is 11.7 Å². The van der Waals surface area contributed by atoms with Crippen LogP contribution >= 0.6 is 0 Å². The standard InChI is InChI=1S/C30H33FN6O5/c31-23-3-1-2-21(27(32)39)26(23)36-10-8-18(9-11-36)17-34-12-14-35(15-13-34)19-4-5-20-22(16-19)30(42)37(29(20)41)24-6-7-25(38)33-28(24)40/h1-5,16,18,24H,6-15,17H2,(H2,32,39)(H,33,38,40). The van der Waals surface area contributed by atoms with Crippen molar-refractivity contribution in [2.24, 2.45) is 11.7 Å². The highest BCUT2D eigenvalue weighted by Crippen LogP contribution is 2.32. The van der Waals surface area contributed by atoms with Gasteiger partial charge in [-0.25, -0.2) is 4.39 Å². The van der Waals surface area contributed by atoms with E-state index in [0.29, 0.717) is 24.7 Å². The third kappa shape index (κ3) is 5.11. The van der Waals surface area contributed by atoms with Gasteiger partial charge < -0.3 is 15.5 Å². The first-order valence-electron chi connectivity index (χ1n) is 14.4. The normalized spacial score (nSPS) is 22.0.